The zero-order chi connectivity index (χ0) is 11.8. The summed E-state index contributed by atoms with van der Waals surface area (Å²) in [5, 5.41) is 2.49. The van der Waals surface area contributed by atoms with Crippen LogP contribution in [0.25, 0.3) is 0 Å². The van der Waals surface area contributed by atoms with Gasteiger partial charge in [-0.25, -0.2) is 9.78 Å². The number of nitrogens with zero attached hydrogens (tertiary/aromatic N) is 1. The topological polar surface area (TPSA) is 51.2 Å². The van der Waals surface area contributed by atoms with Crippen LogP contribution in [0.1, 0.15) is 25.1 Å². The first-order valence-corrected chi connectivity index (χ1v) is 4.92. The highest BCUT2D eigenvalue weighted by Crippen LogP contribution is 2.08. The average molecular weight is 210 g/mol. The molecular weight excluding hydrogens is 192 g/mol. The van der Waals surface area contributed by atoms with E-state index in [4.69, 9.17) is 0 Å². The van der Waals surface area contributed by atoms with Crippen LogP contribution in [-0.2, 0) is 4.74 Å². The first-order valence-electron chi connectivity index (χ1n) is 4.92. The van der Waals surface area contributed by atoms with Crippen LogP contribution in [0, 0.1) is 13.8 Å². The van der Waals surface area contributed by atoms with Gasteiger partial charge in [0.1, 0.15) is 5.82 Å². The van der Waals surface area contributed by atoms with Crippen LogP contribution in [0.3, 0.4) is 0 Å². The Balaban J connectivity index is 0.000000921. The molecule has 1 aromatic heterocycles. The molecule has 1 aromatic rings. The van der Waals surface area contributed by atoms with Crippen LogP contribution in [-0.4, -0.2) is 18.2 Å². The van der Waals surface area contributed by atoms with Gasteiger partial charge in [0.25, 0.3) is 0 Å². The molecule has 0 aliphatic rings. The van der Waals surface area contributed by atoms with Gasteiger partial charge in [0.15, 0.2) is 0 Å². The van der Waals surface area contributed by atoms with E-state index in [0.29, 0.717) is 5.82 Å². The Morgan fingerprint density at radius 3 is 2.40 bits per heavy atom. The summed E-state index contributed by atoms with van der Waals surface area (Å²) in [6, 6.07) is 3.63. The number of nitrogens with one attached hydrogen (secondary N) is 1. The Hall–Kier alpha value is -1.58. The van der Waals surface area contributed by atoms with E-state index >= 15 is 0 Å². The van der Waals surface area contributed by atoms with Crippen LogP contribution in [0.4, 0.5) is 10.6 Å². The molecule has 0 bridgehead atoms. The fourth-order valence-corrected chi connectivity index (χ4v) is 0.856. The van der Waals surface area contributed by atoms with Crippen molar-refractivity contribution in [1.82, 2.24) is 4.98 Å². The summed E-state index contributed by atoms with van der Waals surface area (Å²) >= 11 is 0. The van der Waals surface area contributed by atoms with E-state index in [2.05, 4.69) is 15.0 Å². The number of rotatable bonds is 1. The molecule has 0 spiro atoms. The summed E-state index contributed by atoms with van der Waals surface area (Å²) in [4.78, 5) is 15.0. The molecule has 0 aromatic carbocycles. The van der Waals surface area contributed by atoms with E-state index in [-0.39, 0.29) is 0 Å². The molecule has 0 fully saturated rings. The SMILES string of the molecule is CC.COC(=O)Nc1ccc(C)c(C)n1. The quantitative estimate of drug-likeness (QED) is 0.775. The third-order valence-electron chi connectivity index (χ3n) is 1.77. The van der Waals surface area contributed by atoms with Crippen LogP contribution in [0.2, 0.25) is 0 Å². The predicted molar refractivity (Wildman–Crippen MR) is 61.1 cm³/mol. The highest BCUT2D eigenvalue weighted by Gasteiger charge is 2.02. The number of aryl methyl sites for hydroxylation is 2. The van der Waals surface area contributed by atoms with Crippen molar-refractivity contribution in [2.75, 3.05) is 12.4 Å². The van der Waals surface area contributed by atoms with Crippen LogP contribution >= 0.6 is 0 Å². The summed E-state index contributed by atoms with van der Waals surface area (Å²) in [5.41, 5.74) is 1.99. The van der Waals surface area contributed by atoms with Gasteiger partial charge in [-0.3, -0.25) is 5.32 Å². The molecule has 0 saturated heterocycles. The maximum atomic E-state index is 10.8. The van der Waals surface area contributed by atoms with Gasteiger partial charge in [0, 0.05) is 5.69 Å². The minimum atomic E-state index is -0.504. The van der Waals surface area contributed by atoms with Crippen LogP contribution in [0.15, 0.2) is 12.1 Å². The van der Waals surface area contributed by atoms with Crippen LogP contribution in [0.5, 0.6) is 0 Å². The number of aromatic nitrogens is 1. The number of carbonyl (C=O) groups excluding carboxylic acids is 1. The van der Waals surface area contributed by atoms with E-state index < -0.39 is 6.09 Å². The Morgan fingerprint density at radius 2 is 1.93 bits per heavy atom. The molecule has 0 saturated carbocycles. The molecule has 1 rings (SSSR count). The lowest BCUT2D eigenvalue weighted by Crippen LogP contribution is -2.12. The van der Waals surface area contributed by atoms with E-state index in [9.17, 15) is 4.79 Å². The molecule has 0 aliphatic heterocycles. The third kappa shape index (κ3) is 4.44. The predicted octanol–water partition coefficient (Wildman–Crippen LogP) is 2.90. The molecule has 1 N–H and O–H groups in total. The summed E-state index contributed by atoms with van der Waals surface area (Å²) < 4.78 is 4.43. The Morgan fingerprint density at radius 1 is 1.33 bits per heavy atom. The van der Waals surface area contributed by atoms with E-state index in [1.54, 1.807) is 6.07 Å². The second-order valence-corrected chi connectivity index (χ2v) is 2.72. The Labute approximate surface area is 90.7 Å². The lowest BCUT2D eigenvalue weighted by molar-refractivity contribution is 0.187. The van der Waals surface area contributed by atoms with Gasteiger partial charge in [-0.05, 0) is 25.5 Å². The van der Waals surface area contributed by atoms with Crippen molar-refractivity contribution in [1.29, 1.82) is 0 Å². The number of hydrogen-bond acceptors (Lipinski definition) is 3. The molecule has 4 heteroatoms. The molecular formula is C11H18N2O2. The van der Waals surface area contributed by atoms with Gasteiger partial charge in [-0.1, -0.05) is 19.9 Å². The Kier molecular flexibility index (Phi) is 6.09. The highest BCUT2D eigenvalue weighted by molar-refractivity contribution is 5.83. The van der Waals surface area contributed by atoms with Crippen molar-refractivity contribution >= 4 is 11.9 Å². The Bertz CT molecular complexity index is 324. The maximum absolute atomic E-state index is 10.8. The van der Waals surface area contributed by atoms with Gasteiger partial charge < -0.3 is 4.74 Å². The zero-order valence-electron chi connectivity index (χ0n) is 9.92. The lowest BCUT2D eigenvalue weighted by atomic mass is 10.2. The smallest absolute Gasteiger partial charge is 0.412 e. The zero-order valence-corrected chi connectivity index (χ0v) is 9.92. The monoisotopic (exact) mass is 210 g/mol. The molecule has 0 atom stereocenters. The number of carbonyl (C=O) groups is 1. The summed E-state index contributed by atoms with van der Waals surface area (Å²) in [5.74, 6) is 0.509. The second kappa shape index (κ2) is 6.81. The van der Waals surface area contributed by atoms with Crippen molar-refractivity contribution in [3.63, 3.8) is 0 Å². The summed E-state index contributed by atoms with van der Waals surface area (Å²) in [6.45, 7) is 7.85. The van der Waals surface area contributed by atoms with Crippen molar-refractivity contribution in [3.05, 3.63) is 23.4 Å². The van der Waals surface area contributed by atoms with Crippen molar-refractivity contribution in [2.45, 2.75) is 27.7 Å². The fourth-order valence-electron chi connectivity index (χ4n) is 0.856. The summed E-state index contributed by atoms with van der Waals surface area (Å²) in [6.07, 6.45) is -0.504. The van der Waals surface area contributed by atoms with Gasteiger partial charge >= 0.3 is 6.09 Å². The molecule has 0 radical (unpaired) electrons. The summed E-state index contributed by atoms with van der Waals surface area (Å²) in [7, 11) is 1.32. The fraction of sp³-hybridized carbons (Fsp3) is 0.455. The lowest BCUT2D eigenvalue weighted by Gasteiger charge is -2.04. The molecule has 15 heavy (non-hydrogen) atoms. The number of hydrogen-bond donors (Lipinski definition) is 1. The molecule has 4 nitrogen and oxygen atoms in total. The normalized spacial score (nSPS) is 8.60. The molecule has 1 heterocycles. The van der Waals surface area contributed by atoms with Gasteiger partial charge in [-0.2, -0.15) is 0 Å². The van der Waals surface area contributed by atoms with Crippen LogP contribution < -0.4 is 5.32 Å². The van der Waals surface area contributed by atoms with E-state index in [0.717, 1.165) is 11.3 Å². The molecule has 1 amide bonds. The minimum Gasteiger partial charge on any atom is -0.453 e. The highest BCUT2D eigenvalue weighted by atomic mass is 16.5. The standard InChI is InChI=1S/C9H12N2O2.C2H6/c1-6-4-5-8(10-7(6)2)11-9(12)13-3;1-2/h4-5H,1-3H3,(H,10,11,12);1-2H3. The van der Waals surface area contributed by atoms with E-state index in [1.165, 1.54) is 7.11 Å². The largest absolute Gasteiger partial charge is 0.453 e. The number of pyridine rings is 1. The van der Waals surface area contributed by atoms with E-state index in [1.807, 2.05) is 33.8 Å². The maximum Gasteiger partial charge on any atom is 0.412 e. The van der Waals surface area contributed by atoms with Crippen molar-refractivity contribution < 1.29 is 9.53 Å². The first kappa shape index (κ1) is 13.4. The third-order valence-corrected chi connectivity index (χ3v) is 1.77. The molecule has 84 valence electrons. The number of ether oxygens (including phenoxy) is 1. The molecule has 0 unspecified atom stereocenters. The van der Waals surface area contributed by atoms with Gasteiger partial charge in [0.05, 0.1) is 7.11 Å². The molecule has 0 aliphatic carbocycles. The van der Waals surface area contributed by atoms with Gasteiger partial charge in [-0.15, -0.1) is 0 Å². The van der Waals surface area contributed by atoms with Crippen molar-refractivity contribution in [2.24, 2.45) is 0 Å². The van der Waals surface area contributed by atoms with Gasteiger partial charge in [0.2, 0.25) is 0 Å². The number of amides is 1. The number of methoxy groups -OCH3 is 1. The number of anilines is 1. The average Bonchev–Trinajstić information content (AvgIpc) is 2.26. The van der Waals surface area contributed by atoms with Crippen molar-refractivity contribution in [3.8, 4) is 0 Å². The first-order chi connectivity index (χ1) is 7.13. The minimum absolute atomic E-state index is 0.504. The second-order valence-electron chi connectivity index (χ2n) is 2.72.